The van der Waals surface area contributed by atoms with E-state index in [-0.39, 0.29) is 6.04 Å². The van der Waals surface area contributed by atoms with Crippen LogP contribution in [0.25, 0.3) is 28.1 Å². The minimum absolute atomic E-state index is 0.0931. The van der Waals surface area contributed by atoms with Crippen LogP contribution in [0, 0.1) is 0 Å². The van der Waals surface area contributed by atoms with Gasteiger partial charge in [0.2, 0.25) is 5.95 Å². The molecule has 5 aromatic rings. The number of nitrogens with zero attached hydrogens (tertiary/aromatic N) is 6. The Labute approximate surface area is 173 Å². The lowest BCUT2D eigenvalue weighted by Gasteiger charge is -2.14. The minimum Gasteiger partial charge on any atom is -0.348 e. The molecule has 7 nitrogen and oxygen atoms in total. The second-order valence-electron chi connectivity index (χ2n) is 6.94. The van der Waals surface area contributed by atoms with Crippen molar-refractivity contribution in [1.29, 1.82) is 0 Å². The van der Waals surface area contributed by atoms with Crippen molar-refractivity contribution in [2.24, 2.45) is 0 Å². The summed E-state index contributed by atoms with van der Waals surface area (Å²) in [5, 5.41) is 11.5. The summed E-state index contributed by atoms with van der Waals surface area (Å²) >= 11 is 0. The van der Waals surface area contributed by atoms with Crippen LogP contribution in [0.15, 0.2) is 85.5 Å². The van der Waals surface area contributed by atoms with Crippen LogP contribution < -0.4 is 5.32 Å². The second-order valence-corrected chi connectivity index (χ2v) is 6.94. The average Bonchev–Trinajstić information content (AvgIpc) is 3.24. The maximum Gasteiger partial charge on any atom is 0.225 e. The van der Waals surface area contributed by atoms with E-state index in [2.05, 4.69) is 49.5 Å². The van der Waals surface area contributed by atoms with E-state index in [1.54, 1.807) is 18.7 Å². The van der Waals surface area contributed by atoms with Crippen molar-refractivity contribution in [3.8, 4) is 17.1 Å². The molecule has 1 N–H and O–H groups in total. The molecule has 0 aliphatic rings. The molecule has 0 saturated carbocycles. The van der Waals surface area contributed by atoms with Crippen molar-refractivity contribution in [3.63, 3.8) is 0 Å². The lowest BCUT2D eigenvalue weighted by molar-refractivity contribution is 0.854. The van der Waals surface area contributed by atoms with Crippen molar-refractivity contribution in [2.75, 3.05) is 5.32 Å². The molecule has 0 radical (unpaired) electrons. The number of benzene rings is 2. The number of fused-ring (bicyclic) bond motifs is 1. The van der Waals surface area contributed by atoms with Crippen molar-refractivity contribution in [3.05, 3.63) is 91.0 Å². The number of hydrogen-bond donors (Lipinski definition) is 1. The molecule has 0 spiro atoms. The van der Waals surface area contributed by atoms with Gasteiger partial charge in [0.15, 0.2) is 0 Å². The normalized spacial score (nSPS) is 12.0. The first-order valence-corrected chi connectivity index (χ1v) is 9.68. The highest BCUT2D eigenvalue weighted by Gasteiger charge is 2.11. The molecular weight excluding hydrogens is 374 g/mol. The Morgan fingerprint density at radius 1 is 0.900 bits per heavy atom. The first-order chi connectivity index (χ1) is 14.8. The fourth-order valence-corrected chi connectivity index (χ4v) is 3.38. The molecule has 5 rings (SSSR count). The van der Waals surface area contributed by atoms with Gasteiger partial charge in [-0.15, -0.1) is 0 Å². The van der Waals surface area contributed by atoms with Crippen molar-refractivity contribution in [2.45, 2.75) is 13.0 Å². The molecule has 30 heavy (non-hydrogen) atoms. The zero-order valence-corrected chi connectivity index (χ0v) is 16.3. The maximum atomic E-state index is 4.69. The van der Waals surface area contributed by atoms with E-state index in [0.717, 1.165) is 28.1 Å². The third kappa shape index (κ3) is 3.48. The number of rotatable bonds is 5. The van der Waals surface area contributed by atoms with Gasteiger partial charge in [0.05, 0.1) is 22.8 Å². The number of hydrogen-bond acceptors (Lipinski definition) is 6. The molecule has 0 saturated heterocycles. The van der Waals surface area contributed by atoms with Gasteiger partial charge in [-0.05, 0) is 42.8 Å². The Balaban J connectivity index is 1.45. The lowest BCUT2D eigenvalue weighted by Crippen LogP contribution is -2.10. The smallest absolute Gasteiger partial charge is 0.225 e. The van der Waals surface area contributed by atoms with Gasteiger partial charge >= 0.3 is 0 Å². The Morgan fingerprint density at radius 3 is 2.63 bits per heavy atom. The average molecular weight is 393 g/mol. The third-order valence-corrected chi connectivity index (χ3v) is 4.95. The summed E-state index contributed by atoms with van der Waals surface area (Å²) < 4.78 is 1.95. The summed E-state index contributed by atoms with van der Waals surface area (Å²) in [5.74, 6) is 1.32. The summed E-state index contributed by atoms with van der Waals surface area (Å²) in [6, 6.07) is 22.0. The molecule has 1 atom stereocenters. The topological polar surface area (TPSA) is 81.4 Å². The Morgan fingerprint density at radius 2 is 1.80 bits per heavy atom. The Hall–Kier alpha value is -4.13. The third-order valence-electron chi connectivity index (χ3n) is 4.95. The molecule has 3 aromatic heterocycles. The molecule has 0 amide bonds. The minimum atomic E-state index is 0.0931. The highest BCUT2D eigenvalue weighted by molar-refractivity contribution is 5.82. The SMILES string of the molecule is CC(Nc1nccc(-n2cnc3cc(-c4cccnn4)ccc32)n1)c1ccccc1. The Bertz CT molecular complexity index is 1280. The molecule has 146 valence electrons. The standard InChI is InChI=1S/C23H19N7/c1-16(17-6-3-2-4-7-17)27-23-24-13-11-22(28-23)30-15-25-20-14-18(9-10-21(20)30)19-8-5-12-26-29-19/h2-16H,1H3,(H,24,27,28). The molecule has 3 heterocycles. The van der Waals surface area contributed by atoms with Crippen LogP contribution in [0.5, 0.6) is 0 Å². The molecule has 0 aliphatic carbocycles. The quantitative estimate of drug-likeness (QED) is 0.475. The Kier molecular flexibility index (Phi) is 4.61. The molecular formula is C23H19N7. The van der Waals surface area contributed by atoms with Crippen molar-refractivity contribution < 1.29 is 0 Å². The fourth-order valence-electron chi connectivity index (χ4n) is 3.38. The number of anilines is 1. The van der Waals surface area contributed by atoms with E-state index in [1.165, 1.54) is 5.56 Å². The van der Waals surface area contributed by atoms with Gasteiger partial charge in [-0.2, -0.15) is 15.2 Å². The number of aromatic nitrogens is 6. The van der Waals surface area contributed by atoms with Crippen LogP contribution in [0.2, 0.25) is 0 Å². The van der Waals surface area contributed by atoms with Gasteiger partial charge in [0.1, 0.15) is 12.1 Å². The second kappa shape index (κ2) is 7.71. The zero-order chi connectivity index (χ0) is 20.3. The predicted octanol–water partition coefficient (Wildman–Crippen LogP) is 4.45. The van der Waals surface area contributed by atoms with Crippen molar-refractivity contribution in [1.82, 2.24) is 29.7 Å². The molecule has 2 aromatic carbocycles. The first-order valence-electron chi connectivity index (χ1n) is 9.68. The molecule has 0 aliphatic heterocycles. The van der Waals surface area contributed by atoms with Crippen LogP contribution in [0.1, 0.15) is 18.5 Å². The van der Waals surface area contributed by atoms with E-state index in [1.807, 2.05) is 59.2 Å². The molecule has 0 fully saturated rings. The monoisotopic (exact) mass is 393 g/mol. The largest absolute Gasteiger partial charge is 0.348 e. The van der Waals surface area contributed by atoms with Gasteiger partial charge in [0.25, 0.3) is 0 Å². The predicted molar refractivity (Wildman–Crippen MR) is 116 cm³/mol. The van der Waals surface area contributed by atoms with E-state index < -0.39 is 0 Å². The van der Waals surface area contributed by atoms with Crippen LogP contribution in [-0.4, -0.2) is 29.7 Å². The summed E-state index contributed by atoms with van der Waals surface area (Å²) in [6.07, 6.45) is 5.19. The first kappa shape index (κ1) is 17.9. The number of nitrogens with one attached hydrogen (secondary N) is 1. The van der Waals surface area contributed by atoms with Crippen LogP contribution in [0.3, 0.4) is 0 Å². The molecule has 0 bridgehead atoms. The van der Waals surface area contributed by atoms with Crippen LogP contribution in [-0.2, 0) is 0 Å². The van der Waals surface area contributed by atoms with Crippen LogP contribution >= 0.6 is 0 Å². The lowest BCUT2D eigenvalue weighted by atomic mass is 10.1. The highest BCUT2D eigenvalue weighted by atomic mass is 15.2. The molecule has 1 unspecified atom stereocenters. The summed E-state index contributed by atoms with van der Waals surface area (Å²) in [7, 11) is 0. The van der Waals surface area contributed by atoms with E-state index in [0.29, 0.717) is 5.95 Å². The highest BCUT2D eigenvalue weighted by Crippen LogP contribution is 2.24. The zero-order valence-electron chi connectivity index (χ0n) is 16.3. The number of imidazole rings is 1. The summed E-state index contributed by atoms with van der Waals surface area (Å²) in [4.78, 5) is 13.6. The van der Waals surface area contributed by atoms with Crippen LogP contribution in [0.4, 0.5) is 5.95 Å². The van der Waals surface area contributed by atoms with Gasteiger partial charge in [0, 0.05) is 18.0 Å². The summed E-state index contributed by atoms with van der Waals surface area (Å²) in [6.45, 7) is 2.09. The van der Waals surface area contributed by atoms with Gasteiger partial charge in [-0.1, -0.05) is 36.4 Å². The van der Waals surface area contributed by atoms with E-state index in [4.69, 9.17) is 0 Å². The maximum absolute atomic E-state index is 4.69. The van der Waals surface area contributed by atoms with Gasteiger partial charge < -0.3 is 5.32 Å². The summed E-state index contributed by atoms with van der Waals surface area (Å²) in [5.41, 5.74) is 4.79. The molecule has 7 heteroatoms. The van der Waals surface area contributed by atoms with E-state index in [9.17, 15) is 0 Å². The van der Waals surface area contributed by atoms with Crippen molar-refractivity contribution >= 4 is 17.0 Å². The van der Waals surface area contributed by atoms with E-state index >= 15 is 0 Å². The fraction of sp³-hybridized carbons (Fsp3) is 0.0870. The van der Waals surface area contributed by atoms with Gasteiger partial charge in [-0.25, -0.2) is 9.97 Å². The van der Waals surface area contributed by atoms with Gasteiger partial charge in [-0.3, -0.25) is 4.57 Å².